The van der Waals surface area contributed by atoms with Gasteiger partial charge in [-0.2, -0.15) is 0 Å². The number of carbonyl (C=O) groups is 2. The third-order valence-corrected chi connectivity index (χ3v) is 5.33. The number of nitrogens with zero attached hydrogens (tertiary/aromatic N) is 1. The number of ether oxygens (including phenoxy) is 2. The summed E-state index contributed by atoms with van der Waals surface area (Å²) in [6, 6.07) is 12.3. The van der Waals surface area contributed by atoms with Crippen LogP contribution in [-0.2, 0) is 11.3 Å². The van der Waals surface area contributed by atoms with E-state index in [0.29, 0.717) is 36.1 Å². The molecule has 0 radical (unpaired) electrons. The molecular formula is C21H22ClN3O4. The Kier molecular flexibility index (Phi) is 5.76. The van der Waals surface area contributed by atoms with Crippen LogP contribution in [0.15, 0.2) is 42.5 Å². The molecule has 0 unspecified atom stereocenters. The van der Waals surface area contributed by atoms with Crippen molar-refractivity contribution in [1.29, 1.82) is 0 Å². The number of rotatable bonds is 4. The van der Waals surface area contributed by atoms with E-state index in [4.69, 9.17) is 21.1 Å². The van der Waals surface area contributed by atoms with Crippen LogP contribution in [0.1, 0.15) is 18.4 Å². The fourth-order valence-electron chi connectivity index (χ4n) is 3.50. The highest BCUT2D eigenvalue weighted by atomic mass is 35.5. The lowest BCUT2D eigenvalue weighted by molar-refractivity contribution is -0.126. The number of urea groups is 1. The van der Waals surface area contributed by atoms with E-state index in [9.17, 15) is 9.59 Å². The Hall–Kier alpha value is -2.93. The standard InChI is InChI=1S/C21H22ClN3O4/c22-16-4-6-17(7-5-16)24-21(27)25-9-1-2-15(12-25)20(26)23-11-14-3-8-18-19(10-14)29-13-28-18/h3-8,10,15H,1-2,9,11-13H2,(H,23,26)(H,24,27)/t15-/m0/s1. The van der Waals surface area contributed by atoms with Gasteiger partial charge in [0.05, 0.1) is 5.92 Å². The summed E-state index contributed by atoms with van der Waals surface area (Å²) in [4.78, 5) is 26.8. The first-order chi connectivity index (χ1) is 14.1. The normalized spacial score (nSPS) is 17.7. The fraction of sp³-hybridized carbons (Fsp3) is 0.333. The molecule has 29 heavy (non-hydrogen) atoms. The van der Waals surface area contributed by atoms with Crippen LogP contribution in [0.4, 0.5) is 10.5 Å². The number of likely N-dealkylation sites (tertiary alicyclic amines) is 1. The molecule has 3 amide bonds. The summed E-state index contributed by atoms with van der Waals surface area (Å²) in [7, 11) is 0. The van der Waals surface area contributed by atoms with Crippen molar-refractivity contribution in [2.24, 2.45) is 5.92 Å². The molecule has 2 aromatic rings. The minimum Gasteiger partial charge on any atom is -0.454 e. The van der Waals surface area contributed by atoms with Crippen LogP contribution in [0.3, 0.4) is 0 Å². The summed E-state index contributed by atoms with van der Waals surface area (Å²) in [6.45, 7) is 1.65. The Morgan fingerprint density at radius 3 is 2.72 bits per heavy atom. The molecule has 1 saturated heterocycles. The number of hydrogen-bond acceptors (Lipinski definition) is 4. The van der Waals surface area contributed by atoms with E-state index in [1.54, 1.807) is 29.2 Å². The molecule has 1 atom stereocenters. The number of halogens is 1. The first kappa shape index (κ1) is 19.4. The SMILES string of the molecule is O=C(NCc1ccc2c(c1)OCO2)[C@H]1CCCN(C(=O)Nc2ccc(Cl)cc2)C1. The van der Waals surface area contributed by atoms with E-state index in [0.717, 1.165) is 24.2 Å². The van der Waals surface area contributed by atoms with E-state index in [1.165, 1.54) is 0 Å². The van der Waals surface area contributed by atoms with Crippen molar-refractivity contribution in [3.8, 4) is 11.5 Å². The summed E-state index contributed by atoms with van der Waals surface area (Å²) < 4.78 is 10.7. The number of carbonyl (C=O) groups excluding carboxylic acids is 2. The van der Waals surface area contributed by atoms with Crippen LogP contribution < -0.4 is 20.1 Å². The number of fused-ring (bicyclic) bond motifs is 1. The first-order valence-electron chi connectivity index (χ1n) is 9.56. The Morgan fingerprint density at radius 2 is 1.90 bits per heavy atom. The van der Waals surface area contributed by atoms with Gasteiger partial charge in [0.2, 0.25) is 12.7 Å². The smallest absolute Gasteiger partial charge is 0.321 e. The zero-order valence-electron chi connectivity index (χ0n) is 15.8. The Bertz CT molecular complexity index is 903. The van der Waals surface area contributed by atoms with Gasteiger partial charge in [0.15, 0.2) is 11.5 Å². The summed E-state index contributed by atoms with van der Waals surface area (Å²) in [5, 5.41) is 6.43. The average Bonchev–Trinajstić information content (AvgIpc) is 3.21. The monoisotopic (exact) mass is 415 g/mol. The molecule has 2 N–H and O–H groups in total. The van der Waals surface area contributed by atoms with Crippen molar-refractivity contribution in [3.63, 3.8) is 0 Å². The van der Waals surface area contributed by atoms with Crippen molar-refractivity contribution in [2.75, 3.05) is 25.2 Å². The van der Waals surface area contributed by atoms with Crippen LogP contribution in [0.5, 0.6) is 11.5 Å². The summed E-state index contributed by atoms with van der Waals surface area (Å²) in [5.74, 6) is 1.13. The van der Waals surface area contributed by atoms with E-state index < -0.39 is 0 Å². The molecule has 2 aliphatic heterocycles. The first-order valence-corrected chi connectivity index (χ1v) is 9.94. The molecule has 0 bridgehead atoms. The van der Waals surface area contributed by atoms with Crippen LogP contribution in [0.2, 0.25) is 5.02 Å². The molecule has 0 aliphatic carbocycles. The van der Waals surface area contributed by atoms with E-state index in [-0.39, 0.29) is 24.6 Å². The van der Waals surface area contributed by atoms with Crippen molar-refractivity contribution < 1.29 is 19.1 Å². The van der Waals surface area contributed by atoms with Gasteiger partial charge < -0.3 is 25.0 Å². The molecule has 7 nitrogen and oxygen atoms in total. The van der Waals surface area contributed by atoms with Gasteiger partial charge in [0.1, 0.15) is 0 Å². The molecular weight excluding hydrogens is 394 g/mol. The van der Waals surface area contributed by atoms with Crippen molar-refractivity contribution in [2.45, 2.75) is 19.4 Å². The lowest BCUT2D eigenvalue weighted by Crippen LogP contribution is -2.46. The molecule has 0 spiro atoms. The molecule has 152 valence electrons. The lowest BCUT2D eigenvalue weighted by atomic mass is 9.97. The zero-order valence-corrected chi connectivity index (χ0v) is 16.6. The Morgan fingerprint density at radius 1 is 1.10 bits per heavy atom. The van der Waals surface area contributed by atoms with Gasteiger partial charge in [0.25, 0.3) is 0 Å². The van der Waals surface area contributed by atoms with Crippen LogP contribution in [0.25, 0.3) is 0 Å². The van der Waals surface area contributed by atoms with E-state index >= 15 is 0 Å². The van der Waals surface area contributed by atoms with Gasteiger partial charge in [-0.1, -0.05) is 17.7 Å². The van der Waals surface area contributed by atoms with E-state index in [2.05, 4.69) is 10.6 Å². The molecule has 4 rings (SSSR count). The second kappa shape index (κ2) is 8.61. The van der Waals surface area contributed by atoms with Gasteiger partial charge >= 0.3 is 6.03 Å². The fourth-order valence-corrected chi connectivity index (χ4v) is 3.62. The highest BCUT2D eigenvalue weighted by molar-refractivity contribution is 6.30. The van der Waals surface area contributed by atoms with Crippen molar-refractivity contribution in [3.05, 3.63) is 53.1 Å². The molecule has 2 aromatic carbocycles. The number of benzene rings is 2. The van der Waals surface area contributed by atoms with Gasteiger partial charge in [0, 0.05) is 30.3 Å². The average molecular weight is 416 g/mol. The predicted octanol–water partition coefficient (Wildman–Crippen LogP) is 3.63. The number of anilines is 1. The van der Waals surface area contributed by atoms with Crippen LogP contribution >= 0.6 is 11.6 Å². The van der Waals surface area contributed by atoms with E-state index in [1.807, 2.05) is 18.2 Å². The number of hydrogen-bond donors (Lipinski definition) is 2. The Balaban J connectivity index is 1.29. The largest absolute Gasteiger partial charge is 0.454 e. The van der Waals surface area contributed by atoms with Gasteiger partial charge in [-0.3, -0.25) is 4.79 Å². The molecule has 0 saturated carbocycles. The highest BCUT2D eigenvalue weighted by Gasteiger charge is 2.28. The van der Waals surface area contributed by atoms with Crippen LogP contribution in [-0.4, -0.2) is 36.7 Å². The third-order valence-electron chi connectivity index (χ3n) is 5.08. The minimum absolute atomic E-state index is 0.0494. The highest BCUT2D eigenvalue weighted by Crippen LogP contribution is 2.32. The number of amides is 3. The zero-order chi connectivity index (χ0) is 20.2. The second-order valence-electron chi connectivity index (χ2n) is 7.13. The van der Waals surface area contributed by atoms with Gasteiger partial charge in [-0.15, -0.1) is 0 Å². The molecule has 8 heteroatoms. The van der Waals surface area contributed by atoms with Crippen molar-refractivity contribution >= 4 is 29.2 Å². The van der Waals surface area contributed by atoms with Gasteiger partial charge in [-0.25, -0.2) is 4.79 Å². The lowest BCUT2D eigenvalue weighted by Gasteiger charge is -2.32. The maximum absolute atomic E-state index is 12.6. The quantitative estimate of drug-likeness (QED) is 0.799. The Labute approximate surface area is 173 Å². The molecule has 2 heterocycles. The maximum atomic E-state index is 12.6. The predicted molar refractivity (Wildman–Crippen MR) is 109 cm³/mol. The summed E-state index contributed by atoms with van der Waals surface area (Å²) in [6.07, 6.45) is 1.55. The summed E-state index contributed by atoms with van der Waals surface area (Å²) >= 11 is 5.87. The maximum Gasteiger partial charge on any atom is 0.321 e. The number of piperidine rings is 1. The number of nitrogens with one attached hydrogen (secondary N) is 2. The van der Waals surface area contributed by atoms with Crippen LogP contribution in [0, 0.1) is 5.92 Å². The molecule has 0 aromatic heterocycles. The van der Waals surface area contributed by atoms with Gasteiger partial charge in [-0.05, 0) is 54.8 Å². The second-order valence-corrected chi connectivity index (χ2v) is 7.56. The topological polar surface area (TPSA) is 79.9 Å². The molecule has 1 fully saturated rings. The minimum atomic E-state index is -0.228. The molecule has 2 aliphatic rings. The summed E-state index contributed by atoms with van der Waals surface area (Å²) in [5.41, 5.74) is 1.62. The third kappa shape index (κ3) is 4.74. The van der Waals surface area contributed by atoms with Crippen molar-refractivity contribution in [1.82, 2.24) is 10.2 Å².